The van der Waals surface area contributed by atoms with E-state index in [1.54, 1.807) is 16.4 Å². The molecule has 1 aliphatic heterocycles. The Bertz CT molecular complexity index is 875. The van der Waals surface area contributed by atoms with Gasteiger partial charge < -0.3 is 9.64 Å². The number of aromatic nitrogens is 4. The Kier molecular flexibility index (Phi) is 6.03. The van der Waals surface area contributed by atoms with Crippen molar-refractivity contribution in [3.05, 3.63) is 65.2 Å². The molecule has 140 valence electrons. The summed E-state index contributed by atoms with van der Waals surface area (Å²) in [5.74, 6) is 0.819. The molecular formula is C19H21ClN5OS+. The Morgan fingerprint density at radius 1 is 1.15 bits per heavy atom. The van der Waals surface area contributed by atoms with E-state index in [9.17, 15) is 0 Å². The van der Waals surface area contributed by atoms with E-state index in [0.717, 1.165) is 47.9 Å². The fraction of sp³-hybridized carbons (Fsp3) is 0.316. The maximum absolute atomic E-state index is 6.31. The second kappa shape index (κ2) is 8.84. The fourth-order valence-corrected chi connectivity index (χ4v) is 4.31. The van der Waals surface area contributed by atoms with Crippen molar-refractivity contribution in [2.24, 2.45) is 0 Å². The molecule has 0 aliphatic carbocycles. The third kappa shape index (κ3) is 4.68. The molecule has 6 nitrogen and oxygen atoms in total. The molecule has 0 radical (unpaired) electrons. The first kappa shape index (κ1) is 18.4. The van der Waals surface area contributed by atoms with Gasteiger partial charge in [-0.2, -0.15) is 4.68 Å². The van der Waals surface area contributed by atoms with E-state index in [2.05, 4.69) is 21.6 Å². The molecule has 0 spiro atoms. The average molecular weight is 403 g/mol. The van der Waals surface area contributed by atoms with Gasteiger partial charge in [0.05, 0.1) is 12.3 Å². The van der Waals surface area contributed by atoms with Crippen molar-refractivity contribution >= 4 is 23.4 Å². The number of benzene rings is 2. The van der Waals surface area contributed by atoms with Crippen LogP contribution < -0.4 is 4.90 Å². The first-order chi connectivity index (χ1) is 13.3. The van der Waals surface area contributed by atoms with Crippen molar-refractivity contribution in [1.29, 1.82) is 0 Å². The Hall–Kier alpha value is -1.93. The number of thioether (sulfide) groups is 1. The van der Waals surface area contributed by atoms with E-state index >= 15 is 0 Å². The van der Waals surface area contributed by atoms with Gasteiger partial charge in [-0.15, -0.1) is 5.10 Å². The van der Waals surface area contributed by atoms with Gasteiger partial charge in [0.1, 0.15) is 25.7 Å². The minimum atomic E-state index is 0.169. The Balaban J connectivity index is 1.35. The summed E-state index contributed by atoms with van der Waals surface area (Å²) in [6.45, 7) is 3.62. The molecule has 1 N–H and O–H groups in total. The van der Waals surface area contributed by atoms with Gasteiger partial charge in [-0.25, -0.2) is 0 Å². The second-order valence-electron chi connectivity index (χ2n) is 6.48. The summed E-state index contributed by atoms with van der Waals surface area (Å²) in [6, 6.07) is 18.0. The number of hydrogen-bond donors (Lipinski definition) is 1. The number of nitrogens with zero attached hydrogens (tertiary/aromatic N) is 4. The molecule has 4 rings (SSSR count). The SMILES string of the molecule is Clc1ccccc1C[NH+]1CCO[C@H](CSc2nnnn2-c2ccccc2)C1. The van der Waals surface area contributed by atoms with Crippen LogP contribution in [0, 0.1) is 0 Å². The molecule has 1 aromatic heterocycles. The van der Waals surface area contributed by atoms with Crippen molar-refractivity contribution in [1.82, 2.24) is 20.2 Å². The monoisotopic (exact) mass is 402 g/mol. The average Bonchev–Trinajstić information content (AvgIpc) is 3.18. The number of halogens is 1. The van der Waals surface area contributed by atoms with Crippen LogP contribution in [0.3, 0.4) is 0 Å². The van der Waals surface area contributed by atoms with E-state index < -0.39 is 0 Å². The number of tetrazole rings is 1. The van der Waals surface area contributed by atoms with Gasteiger partial charge in [-0.3, -0.25) is 0 Å². The van der Waals surface area contributed by atoms with E-state index in [1.165, 1.54) is 10.5 Å². The summed E-state index contributed by atoms with van der Waals surface area (Å²) in [7, 11) is 0. The third-order valence-electron chi connectivity index (χ3n) is 4.56. The highest BCUT2D eigenvalue weighted by atomic mass is 35.5. The zero-order chi connectivity index (χ0) is 18.5. The number of quaternary nitrogens is 1. The molecule has 3 aromatic rings. The number of nitrogens with one attached hydrogen (secondary N) is 1. The summed E-state index contributed by atoms with van der Waals surface area (Å²) in [5.41, 5.74) is 2.15. The molecule has 0 saturated carbocycles. The van der Waals surface area contributed by atoms with Gasteiger partial charge in [-0.1, -0.05) is 59.8 Å². The number of ether oxygens (including phenoxy) is 1. The smallest absolute Gasteiger partial charge is 0.214 e. The Labute approximate surface area is 167 Å². The molecule has 2 aromatic carbocycles. The molecule has 1 saturated heterocycles. The summed E-state index contributed by atoms with van der Waals surface area (Å²) < 4.78 is 7.73. The van der Waals surface area contributed by atoms with Crippen molar-refractivity contribution in [3.8, 4) is 5.69 Å². The maximum atomic E-state index is 6.31. The highest BCUT2D eigenvalue weighted by Gasteiger charge is 2.25. The highest BCUT2D eigenvalue weighted by molar-refractivity contribution is 7.99. The molecule has 1 aliphatic rings. The number of para-hydroxylation sites is 1. The summed E-state index contributed by atoms with van der Waals surface area (Å²) in [4.78, 5) is 1.49. The lowest BCUT2D eigenvalue weighted by Crippen LogP contribution is -3.13. The van der Waals surface area contributed by atoms with Gasteiger partial charge >= 0.3 is 0 Å². The minimum absolute atomic E-state index is 0.169. The van der Waals surface area contributed by atoms with E-state index in [1.807, 2.05) is 48.5 Å². The lowest BCUT2D eigenvalue weighted by atomic mass is 10.2. The van der Waals surface area contributed by atoms with Gasteiger partial charge in [0.25, 0.3) is 0 Å². The van der Waals surface area contributed by atoms with Crippen LogP contribution in [0.5, 0.6) is 0 Å². The van der Waals surface area contributed by atoms with E-state index in [4.69, 9.17) is 16.3 Å². The lowest BCUT2D eigenvalue weighted by Gasteiger charge is -2.30. The van der Waals surface area contributed by atoms with Crippen LogP contribution in [0.4, 0.5) is 0 Å². The molecule has 0 bridgehead atoms. The topological polar surface area (TPSA) is 57.3 Å². The first-order valence-corrected chi connectivity index (χ1v) is 10.3. The van der Waals surface area contributed by atoms with Crippen LogP contribution >= 0.6 is 23.4 Å². The molecule has 27 heavy (non-hydrogen) atoms. The second-order valence-corrected chi connectivity index (χ2v) is 7.88. The van der Waals surface area contributed by atoms with Crippen molar-refractivity contribution in [2.75, 3.05) is 25.4 Å². The number of morpholine rings is 1. The normalized spacial score (nSPS) is 19.9. The zero-order valence-electron chi connectivity index (χ0n) is 14.8. The molecule has 8 heteroatoms. The van der Waals surface area contributed by atoms with Gasteiger partial charge in [0.15, 0.2) is 0 Å². The predicted molar refractivity (Wildman–Crippen MR) is 105 cm³/mol. The summed E-state index contributed by atoms with van der Waals surface area (Å²) >= 11 is 7.94. The van der Waals surface area contributed by atoms with Crippen LogP contribution in [-0.4, -0.2) is 51.8 Å². The van der Waals surface area contributed by atoms with Gasteiger partial charge in [0, 0.05) is 16.3 Å². The van der Waals surface area contributed by atoms with Crippen LogP contribution in [0.2, 0.25) is 5.02 Å². The molecule has 2 atom stereocenters. The maximum Gasteiger partial charge on any atom is 0.214 e. The largest absolute Gasteiger partial charge is 0.366 e. The van der Waals surface area contributed by atoms with Crippen LogP contribution in [0.1, 0.15) is 5.56 Å². The highest BCUT2D eigenvalue weighted by Crippen LogP contribution is 2.20. The number of hydrogen-bond acceptors (Lipinski definition) is 5. The van der Waals surface area contributed by atoms with Crippen LogP contribution in [0.15, 0.2) is 59.8 Å². The molecule has 1 fully saturated rings. The lowest BCUT2D eigenvalue weighted by molar-refractivity contribution is -0.924. The third-order valence-corrected chi connectivity index (χ3v) is 5.98. The summed E-state index contributed by atoms with van der Waals surface area (Å²) in [5, 5.41) is 13.7. The predicted octanol–water partition coefficient (Wildman–Crippen LogP) is 1.89. The van der Waals surface area contributed by atoms with Gasteiger partial charge in [0.2, 0.25) is 5.16 Å². The van der Waals surface area contributed by atoms with Crippen LogP contribution in [-0.2, 0) is 11.3 Å². The fourth-order valence-electron chi connectivity index (χ4n) is 3.20. The standard InChI is InChI=1S/C19H20ClN5OS/c20-18-9-5-4-6-15(18)12-24-10-11-26-17(13-24)14-27-19-21-22-23-25(19)16-7-2-1-3-8-16/h1-9,17H,10-14H2/p+1/t17-/m0/s1. The zero-order valence-corrected chi connectivity index (χ0v) is 16.4. The van der Waals surface area contributed by atoms with Crippen molar-refractivity contribution < 1.29 is 9.64 Å². The molecular weight excluding hydrogens is 382 g/mol. The number of rotatable bonds is 6. The van der Waals surface area contributed by atoms with Crippen molar-refractivity contribution in [3.63, 3.8) is 0 Å². The van der Waals surface area contributed by atoms with Crippen LogP contribution in [0.25, 0.3) is 5.69 Å². The Morgan fingerprint density at radius 3 is 2.81 bits per heavy atom. The molecule has 1 unspecified atom stereocenters. The van der Waals surface area contributed by atoms with E-state index in [0.29, 0.717) is 0 Å². The molecule has 2 heterocycles. The quantitative estimate of drug-likeness (QED) is 0.638. The first-order valence-electron chi connectivity index (χ1n) is 8.95. The summed E-state index contributed by atoms with van der Waals surface area (Å²) in [6.07, 6.45) is 0.169. The van der Waals surface area contributed by atoms with Crippen molar-refractivity contribution in [2.45, 2.75) is 17.8 Å². The van der Waals surface area contributed by atoms with E-state index in [-0.39, 0.29) is 6.10 Å². The minimum Gasteiger partial charge on any atom is -0.366 e. The molecule has 0 amide bonds. The van der Waals surface area contributed by atoms with Gasteiger partial charge in [-0.05, 0) is 28.6 Å². The Morgan fingerprint density at radius 2 is 1.96 bits per heavy atom.